The fourth-order valence-electron chi connectivity index (χ4n) is 5.09. The van der Waals surface area contributed by atoms with Gasteiger partial charge in [0.15, 0.2) is 12.4 Å². The highest BCUT2D eigenvalue weighted by molar-refractivity contribution is 6.22. The minimum absolute atomic E-state index is 0.133. The second kappa shape index (κ2) is 12.2. The monoisotopic (exact) mass is 541 g/mol. The van der Waals surface area contributed by atoms with E-state index in [-0.39, 0.29) is 29.6 Å². The van der Waals surface area contributed by atoms with Crippen LogP contribution in [0.1, 0.15) is 32.7 Å². The zero-order valence-corrected chi connectivity index (χ0v) is 22.3. The van der Waals surface area contributed by atoms with Crippen LogP contribution in [0.3, 0.4) is 0 Å². The lowest BCUT2D eigenvalue weighted by molar-refractivity contribution is -0.123. The highest BCUT2D eigenvalue weighted by atomic mass is 16.5. The Morgan fingerprint density at radius 3 is 2.27 bits per heavy atom. The maximum Gasteiger partial charge on any atom is 0.338 e. The van der Waals surface area contributed by atoms with E-state index >= 15 is 0 Å². The summed E-state index contributed by atoms with van der Waals surface area (Å²) < 4.78 is 10.3. The van der Waals surface area contributed by atoms with E-state index in [0.29, 0.717) is 30.1 Å². The number of nitrogens with zero attached hydrogens (tertiary/aromatic N) is 3. The highest BCUT2D eigenvalue weighted by Gasteiger charge is 2.43. The van der Waals surface area contributed by atoms with Crippen LogP contribution >= 0.6 is 0 Å². The number of anilines is 1. The molecule has 40 heavy (non-hydrogen) atoms. The Bertz CT molecular complexity index is 1380. The van der Waals surface area contributed by atoms with Gasteiger partial charge in [0, 0.05) is 38.3 Å². The maximum atomic E-state index is 13.3. The Labute approximate surface area is 232 Å². The summed E-state index contributed by atoms with van der Waals surface area (Å²) in [5.41, 5.74) is 2.25. The van der Waals surface area contributed by atoms with E-state index in [1.54, 1.807) is 36.4 Å². The largest absolute Gasteiger partial charge is 0.497 e. The third-order valence-electron chi connectivity index (χ3n) is 7.31. The molecule has 1 atom stereocenters. The number of hydrogen-bond donors (Lipinski definition) is 0. The zero-order chi connectivity index (χ0) is 28.1. The van der Waals surface area contributed by atoms with Crippen molar-refractivity contribution in [2.45, 2.75) is 19.0 Å². The average molecular weight is 542 g/mol. The van der Waals surface area contributed by atoms with Crippen LogP contribution < -0.4 is 9.64 Å². The molecular formula is C31H31N3O6. The molecule has 0 bridgehead atoms. The van der Waals surface area contributed by atoms with Gasteiger partial charge in [0.2, 0.25) is 5.91 Å². The molecule has 9 nitrogen and oxygen atoms in total. The number of carbonyl (C=O) groups is 4. The van der Waals surface area contributed by atoms with Crippen LogP contribution in [-0.2, 0) is 20.9 Å². The van der Waals surface area contributed by atoms with Crippen molar-refractivity contribution in [2.75, 3.05) is 44.8 Å². The minimum Gasteiger partial charge on any atom is -0.497 e. The van der Waals surface area contributed by atoms with Gasteiger partial charge in [-0.25, -0.2) is 9.69 Å². The molecule has 0 aromatic heterocycles. The standard InChI is InChI=1S/C31H31N3O6/c1-39-26-9-5-8-24(18-26)28(35)21-40-31(38)23-10-12-25(13-11-23)34-29(36)19-27(30(34)37)33-16-14-32(15-17-33)20-22-6-3-2-4-7-22/h2-13,18,27H,14-17,19-21H2,1H3. The molecule has 2 heterocycles. The van der Waals surface area contributed by atoms with Gasteiger partial charge in [0.25, 0.3) is 5.91 Å². The summed E-state index contributed by atoms with van der Waals surface area (Å²) in [5.74, 6) is -1.01. The first-order valence-electron chi connectivity index (χ1n) is 13.2. The van der Waals surface area contributed by atoms with Crippen LogP contribution in [0.4, 0.5) is 5.69 Å². The first kappa shape index (κ1) is 27.2. The second-order valence-corrected chi connectivity index (χ2v) is 9.86. The Kier molecular flexibility index (Phi) is 8.33. The van der Waals surface area contributed by atoms with Crippen LogP contribution in [0.15, 0.2) is 78.9 Å². The summed E-state index contributed by atoms with van der Waals surface area (Å²) in [6.07, 6.45) is 0.133. The number of piperazine rings is 1. The van der Waals surface area contributed by atoms with Gasteiger partial charge in [-0.3, -0.25) is 24.2 Å². The van der Waals surface area contributed by atoms with Crippen molar-refractivity contribution in [1.29, 1.82) is 0 Å². The van der Waals surface area contributed by atoms with Gasteiger partial charge in [-0.05, 0) is 42.0 Å². The molecular weight excluding hydrogens is 510 g/mol. The number of rotatable bonds is 9. The van der Waals surface area contributed by atoms with E-state index in [4.69, 9.17) is 9.47 Å². The molecule has 0 aliphatic carbocycles. The Morgan fingerprint density at radius 2 is 1.57 bits per heavy atom. The van der Waals surface area contributed by atoms with Crippen molar-refractivity contribution < 1.29 is 28.7 Å². The minimum atomic E-state index is -0.673. The average Bonchev–Trinajstić information content (AvgIpc) is 3.30. The molecule has 3 aromatic rings. The summed E-state index contributed by atoms with van der Waals surface area (Å²) in [7, 11) is 1.50. The number of Topliss-reactive ketones (excluding diaryl/α,β-unsaturated/α-hetero) is 1. The number of ketones is 1. The van der Waals surface area contributed by atoms with E-state index in [1.807, 2.05) is 18.2 Å². The normalized spacial score (nSPS) is 18.1. The number of methoxy groups -OCH3 is 1. The molecule has 9 heteroatoms. The van der Waals surface area contributed by atoms with E-state index in [9.17, 15) is 19.2 Å². The third-order valence-corrected chi connectivity index (χ3v) is 7.31. The van der Waals surface area contributed by atoms with E-state index < -0.39 is 18.6 Å². The van der Waals surface area contributed by atoms with Crippen molar-refractivity contribution in [3.8, 4) is 5.75 Å². The predicted octanol–water partition coefficient (Wildman–Crippen LogP) is 3.18. The van der Waals surface area contributed by atoms with Crippen LogP contribution in [0, 0.1) is 0 Å². The van der Waals surface area contributed by atoms with Crippen molar-refractivity contribution in [3.05, 3.63) is 95.6 Å². The lowest BCUT2D eigenvalue weighted by Crippen LogP contribution is -2.52. The summed E-state index contributed by atoms with van der Waals surface area (Å²) in [4.78, 5) is 56.7. The topological polar surface area (TPSA) is 96.5 Å². The molecule has 0 N–H and O–H groups in total. The molecule has 2 amide bonds. The Hall–Kier alpha value is -4.34. The van der Waals surface area contributed by atoms with Gasteiger partial charge in [-0.1, -0.05) is 42.5 Å². The smallest absolute Gasteiger partial charge is 0.338 e. The number of imide groups is 1. The van der Waals surface area contributed by atoms with Crippen LogP contribution in [0.2, 0.25) is 0 Å². The predicted molar refractivity (Wildman–Crippen MR) is 148 cm³/mol. The Morgan fingerprint density at radius 1 is 0.850 bits per heavy atom. The molecule has 2 aliphatic rings. The number of esters is 1. The molecule has 2 saturated heterocycles. The molecule has 0 saturated carbocycles. The molecule has 0 radical (unpaired) electrons. The fraction of sp³-hybridized carbons (Fsp3) is 0.290. The van der Waals surface area contributed by atoms with E-state index in [0.717, 1.165) is 19.6 Å². The Balaban J connectivity index is 1.15. The molecule has 2 fully saturated rings. The van der Waals surface area contributed by atoms with Gasteiger partial charge in [-0.2, -0.15) is 0 Å². The van der Waals surface area contributed by atoms with Crippen LogP contribution in [-0.4, -0.2) is 79.3 Å². The molecule has 2 aliphatic heterocycles. The van der Waals surface area contributed by atoms with Gasteiger partial charge in [0.1, 0.15) is 5.75 Å². The van der Waals surface area contributed by atoms with Gasteiger partial charge >= 0.3 is 5.97 Å². The van der Waals surface area contributed by atoms with Crippen molar-refractivity contribution in [3.63, 3.8) is 0 Å². The van der Waals surface area contributed by atoms with E-state index in [1.165, 1.54) is 29.7 Å². The number of hydrogen-bond acceptors (Lipinski definition) is 8. The number of carbonyl (C=O) groups excluding carboxylic acids is 4. The zero-order valence-electron chi connectivity index (χ0n) is 22.3. The summed E-state index contributed by atoms with van der Waals surface area (Å²) in [6, 6.07) is 22.5. The van der Waals surface area contributed by atoms with Gasteiger partial charge in [-0.15, -0.1) is 0 Å². The first-order chi connectivity index (χ1) is 19.4. The fourth-order valence-corrected chi connectivity index (χ4v) is 5.09. The molecule has 0 spiro atoms. The molecule has 1 unspecified atom stereocenters. The maximum absolute atomic E-state index is 13.3. The third kappa shape index (κ3) is 6.11. The summed E-state index contributed by atoms with van der Waals surface area (Å²) in [6.45, 7) is 3.51. The second-order valence-electron chi connectivity index (χ2n) is 9.86. The quantitative estimate of drug-likeness (QED) is 0.232. The molecule has 206 valence electrons. The summed E-state index contributed by atoms with van der Waals surface area (Å²) in [5, 5.41) is 0. The SMILES string of the molecule is COc1cccc(C(=O)COC(=O)c2ccc(N3C(=O)CC(N4CCN(Cc5ccccc5)CC4)C3=O)cc2)c1. The number of amides is 2. The molecule has 5 rings (SSSR count). The van der Waals surface area contributed by atoms with Crippen molar-refractivity contribution in [2.24, 2.45) is 0 Å². The number of benzene rings is 3. The summed E-state index contributed by atoms with van der Waals surface area (Å²) >= 11 is 0. The van der Waals surface area contributed by atoms with Crippen molar-refractivity contribution in [1.82, 2.24) is 9.80 Å². The van der Waals surface area contributed by atoms with Crippen LogP contribution in [0.25, 0.3) is 0 Å². The lowest BCUT2D eigenvalue weighted by atomic mass is 10.1. The van der Waals surface area contributed by atoms with Crippen molar-refractivity contribution >= 4 is 29.3 Å². The first-order valence-corrected chi connectivity index (χ1v) is 13.2. The van der Waals surface area contributed by atoms with Crippen LogP contribution in [0.5, 0.6) is 5.75 Å². The van der Waals surface area contributed by atoms with Gasteiger partial charge < -0.3 is 9.47 Å². The van der Waals surface area contributed by atoms with E-state index in [2.05, 4.69) is 21.9 Å². The molecule has 3 aromatic carbocycles. The lowest BCUT2D eigenvalue weighted by Gasteiger charge is -2.37. The highest BCUT2D eigenvalue weighted by Crippen LogP contribution is 2.27. The van der Waals surface area contributed by atoms with Gasteiger partial charge in [0.05, 0.1) is 30.8 Å². The number of ether oxygens (including phenoxy) is 2.